The zero-order chi connectivity index (χ0) is 15.7. The Morgan fingerprint density at radius 2 is 2.27 bits per heavy atom. The largest absolute Gasteiger partial charge is 0.352 e. The second-order valence-corrected chi connectivity index (χ2v) is 6.26. The Morgan fingerprint density at radius 3 is 2.91 bits per heavy atom. The third kappa shape index (κ3) is 2.50. The normalized spacial score (nSPS) is 11.3. The Labute approximate surface area is 133 Å². The van der Waals surface area contributed by atoms with Crippen LogP contribution in [0.25, 0.3) is 21.6 Å². The molecule has 6 heteroatoms. The number of hydrogen-bond acceptors (Lipinski definition) is 4. The first kappa shape index (κ1) is 14.7. The third-order valence-corrected chi connectivity index (χ3v) is 4.30. The summed E-state index contributed by atoms with van der Waals surface area (Å²) in [4.78, 5) is 18.2. The Hall–Kier alpha value is -2.21. The number of rotatable bonds is 4. The lowest BCUT2D eigenvalue weighted by Gasteiger charge is -2.09. The standard InChI is InChI=1S/C16H18N4OS/c1-4-17-16(21)11-8-13(14-6-5-7-22-14)19-15-12(11)9-18-20(15)10(2)3/h5-10H,4H2,1-3H3,(H,17,21). The molecule has 0 saturated heterocycles. The van der Waals surface area contributed by atoms with Gasteiger partial charge in [0.1, 0.15) is 0 Å². The number of fused-ring (bicyclic) bond motifs is 1. The number of nitrogens with zero attached hydrogens (tertiary/aromatic N) is 3. The molecule has 3 rings (SSSR count). The van der Waals surface area contributed by atoms with Crippen LogP contribution in [0.4, 0.5) is 0 Å². The monoisotopic (exact) mass is 314 g/mol. The first-order chi connectivity index (χ1) is 10.6. The molecule has 0 atom stereocenters. The number of nitrogens with one attached hydrogen (secondary N) is 1. The molecule has 0 aliphatic carbocycles. The van der Waals surface area contributed by atoms with Crippen molar-refractivity contribution in [2.75, 3.05) is 6.54 Å². The van der Waals surface area contributed by atoms with Gasteiger partial charge in [-0.25, -0.2) is 9.67 Å². The van der Waals surface area contributed by atoms with Crippen molar-refractivity contribution in [1.29, 1.82) is 0 Å². The molecule has 0 spiro atoms. The van der Waals surface area contributed by atoms with Crippen LogP contribution in [0.1, 0.15) is 37.2 Å². The molecule has 0 radical (unpaired) electrons. The van der Waals surface area contributed by atoms with Gasteiger partial charge in [0, 0.05) is 12.6 Å². The summed E-state index contributed by atoms with van der Waals surface area (Å²) in [7, 11) is 0. The number of amides is 1. The van der Waals surface area contributed by atoms with E-state index in [1.165, 1.54) is 0 Å². The molecule has 1 amide bonds. The Balaban J connectivity index is 2.26. The van der Waals surface area contributed by atoms with Crippen molar-refractivity contribution in [3.05, 3.63) is 35.3 Å². The Morgan fingerprint density at radius 1 is 1.45 bits per heavy atom. The number of pyridine rings is 1. The van der Waals surface area contributed by atoms with Gasteiger partial charge < -0.3 is 5.32 Å². The van der Waals surface area contributed by atoms with Crippen molar-refractivity contribution < 1.29 is 4.79 Å². The van der Waals surface area contributed by atoms with Crippen molar-refractivity contribution in [2.24, 2.45) is 0 Å². The summed E-state index contributed by atoms with van der Waals surface area (Å²) in [6, 6.07) is 6.03. The van der Waals surface area contributed by atoms with E-state index in [9.17, 15) is 4.79 Å². The van der Waals surface area contributed by atoms with E-state index in [1.807, 2.05) is 35.2 Å². The molecule has 0 aromatic carbocycles. The molecule has 114 valence electrons. The average Bonchev–Trinajstić information content (AvgIpc) is 3.15. The van der Waals surface area contributed by atoms with E-state index in [4.69, 9.17) is 4.98 Å². The highest BCUT2D eigenvalue weighted by molar-refractivity contribution is 7.13. The fraction of sp³-hybridized carbons (Fsp3) is 0.312. The smallest absolute Gasteiger partial charge is 0.252 e. The first-order valence-electron chi connectivity index (χ1n) is 7.32. The maximum atomic E-state index is 12.4. The molecule has 3 aromatic rings. The van der Waals surface area contributed by atoms with Gasteiger partial charge in [0.25, 0.3) is 5.91 Å². The minimum atomic E-state index is -0.0870. The van der Waals surface area contributed by atoms with Crippen LogP contribution in [0, 0.1) is 0 Å². The van der Waals surface area contributed by atoms with Crippen molar-refractivity contribution in [3.8, 4) is 10.6 Å². The van der Waals surface area contributed by atoms with E-state index in [-0.39, 0.29) is 11.9 Å². The van der Waals surface area contributed by atoms with Crippen molar-refractivity contribution in [2.45, 2.75) is 26.8 Å². The lowest BCUT2D eigenvalue weighted by atomic mass is 10.1. The van der Waals surface area contributed by atoms with E-state index in [2.05, 4.69) is 24.3 Å². The molecule has 3 aromatic heterocycles. The molecule has 0 fully saturated rings. The number of thiophene rings is 1. The van der Waals surface area contributed by atoms with Gasteiger partial charge in [0.2, 0.25) is 0 Å². The molecule has 0 aliphatic rings. The lowest BCUT2D eigenvalue weighted by molar-refractivity contribution is 0.0957. The molecule has 5 nitrogen and oxygen atoms in total. The highest BCUT2D eigenvalue weighted by atomic mass is 32.1. The van der Waals surface area contributed by atoms with Crippen LogP contribution >= 0.6 is 11.3 Å². The van der Waals surface area contributed by atoms with Crippen molar-refractivity contribution in [3.63, 3.8) is 0 Å². The van der Waals surface area contributed by atoms with Gasteiger partial charge in [-0.15, -0.1) is 11.3 Å². The molecule has 0 bridgehead atoms. The van der Waals surface area contributed by atoms with Gasteiger partial charge in [-0.1, -0.05) is 6.07 Å². The lowest BCUT2D eigenvalue weighted by Crippen LogP contribution is -2.23. The minimum Gasteiger partial charge on any atom is -0.352 e. The van der Waals surface area contributed by atoms with E-state index >= 15 is 0 Å². The van der Waals surface area contributed by atoms with E-state index in [0.717, 1.165) is 21.6 Å². The van der Waals surface area contributed by atoms with Gasteiger partial charge in [0.05, 0.1) is 27.7 Å². The van der Waals surface area contributed by atoms with Gasteiger partial charge in [-0.2, -0.15) is 5.10 Å². The van der Waals surface area contributed by atoms with Crippen molar-refractivity contribution in [1.82, 2.24) is 20.1 Å². The third-order valence-electron chi connectivity index (χ3n) is 3.41. The van der Waals surface area contributed by atoms with Gasteiger partial charge in [0.15, 0.2) is 5.65 Å². The Kier molecular flexibility index (Phi) is 3.94. The van der Waals surface area contributed by atoms with Crippen LogP contribution in [0.3, 0.4) is 0 Å². The fourth-order valence-electron chi connectivity index (χ4n) is 2.39. The van der Waals surface area contributed by atoms with Crippen LogP contribution in [-0.4, -0.2) is 27.2 Å². The van der Waals surface area contributed by atoms with Crippen LogP contribution in [0.15, 0.2) is 29.8 Å². The van der Waals surface area contributed by atoms with Crippen LogP contribution in [0.2, 0.25) is 0 Å². The highest BCUT2D eigenvalue weighted by Gasteiger charge is 2.18. The maximum Gasteiger partial charge on any atom is 0.252 e. The van der Waals surface area contributed by atoms with Gasteiger partial charge in [-0.3, -0.25) is 4.79 Å². The molecule has 3 heterocycles. The van der Waals surface area contributed by atoms with Crippen LogP contribution in [-0.2, 0) is 0 Å². The molecule has 0 aliphatic heterocycles. The summed E-state index contributed by atoms with van der Waals surface area (Å²) < 4.78 is 1.86. The van der Waals surface area contributed by atoms with Gasteiger partial charge in [-0.05, 0) is 38.3 Å². The zero-order valence-electron chi connectivity index (χ0n) is 12.8. The number of carbonyl (C=O) groups excluding carboxylic acids is 1. The SMILES string of the molecule is CCNC(=O)c1cc(-c2cccs2)nc2c1cnn2C(C)C. The summed E-state index contributed by atoms with van der Waals surface area (Å²) in [6.07, 6.45) is 1.73. The minimum absolute atomic E-state index is 0.0870. The van der Waals surface area contributed by atoms with E-state index in [1.54, 1.807) is 17.5 Å². The fourth-order valence-corrected chi connectivity index (χ4v) is 3.08. The molecule has 0 unspecified atom stereocenters. The quantitative estimate of drug-likeness (QED) is 0.802. The van der Waals surface area contributed by atoms with Crippen LogP contribution in [0.5, 0.6) is 0 Å². The summed E-state index contributed by atoms with van der Waals surface area (Å²) in [5.41, 5.74) is 2.19. The number of aromatic nitrogens is 3. The predicted molar refractivity (Wildman–Crippen MR) is 89.2 cm³/mol. The van der Waals surface area contributed by atoms with E-state index in [0.29, 0.717) is 12.1 Å². The topological polar surface area (TPSA) is 59.8 Å². The molecule has 0 saturated carbocycles. The van der Waals surface area contributed by atoms with Crippen molar-refractivity contribution >= 4 is 28.3 Å². The number of hydrogen-bond donors (Lipinski definition) is 1. The molecule has 1 N–H and O–H groups in total. The second-order valence-electron chi connectivity index (χ2n) is 5.31. The molecule has 22 heavy (non-hydrogen) atoms. The van der Waals surface area contributed by atoms with Gasteiger partial charge >= 0.3 is 0 Å². The maximum absolute atomic E-state index is 12.4. The zero-order valence-corrected chi connectivity index (χ0v) is 13.6. The number of carbonyl (C=O) groups is 1. The van der Waals surface area contributed by atoms with E-state index < -0.39 is 0 Å². The van der Waals surface area contributed by atoms with Crippen LogP contribution < -0.4 is 5.32 Å². The summed E-state index contributed by atoms with van der Waals surface area (Å²) in [6.45, 7) is 6.61. The summed E-state index contributed by atoms with van der Waals surface area (Å²) in [5.74, 6) is -0.0870. The molecular formula is C16H18N4OS. The first-order valence-corrected chi connectivity index (χ1v) is 8.20. The predicted octanol–water partition coefficient (Wildman–Crippen LogP) is 3.49. The summed E-state index contributed by atoms with van der Waals surface area (Å²) >= 11 is 1.61. The summed E-state index contributed by atoms with van der Waals surface area (Å²) in [5, 5.41) is 10.1. The molecular weight excluding hydrogens is 296 g/mol. The highest BCUT2D eigenvalue weighted by Crippen LogP contribution is 2.28. The Bertz CT molecular complexity index is 805. The average molecular weight is 314 g/mol. The second kappa shape index (κ2) is 5.88.